The number of carbonyl (C=O) groups excluding carboxylic acids is 1. The zero-order valence-electron chi connectivity index (χ0n) is 10.4. The smallest absolute Gasteiger partial charge is 0.236 e. The third-order valence-corrected chi connectivity index (χ3v) is 3.33. The van der Waals surface area contributed by atoms with Crippen molar-refractivity contribution < 1.29 is 10.0 Å². The maximum atomic E-state index is 12.3. The van der Waals surface area contributed by atoms with Gasteiger partial charge in [0.2, 0.25) is 5.91 Å². The summed E-state index contributed by atoms with van der Waals surface area (Å²) >= 11 is 0. The van der Waals surface area contributed by atoms with Gasteiger partial charge in [-0.1, -0.05) is 12.1 Å². The highest BCUT2D eigenvalue weighted by molar-refractivity contribution is 6.06. The quantitative estimate of drug-likeness (QED) is 0.320. The Morgan fingerprint density at radius 3 is 2.44 bits per heavy atom. The molecule has 0 bridgehead atoms. The Balaban J connectivity index is 2.86. The van der Waals surface area contributed by atoms with Crippen LogP contribution in [0.1, 0.15) is 34.1 Å². The molecule has 1 amide bonds. The highest BCUT2D eigenvalue weighted by atomic mass is 16.4. The lowest BCUT2D eigenvalue weighted by Crippen LogP contribution is -2.49. The van der Waals surface area contributed by atoms with Crippen molar-refractivity contribution >= 4 is 11.7 Å². The molecule has 1 saturated heterocycles. The van der Waals surface area contributed by atoms with Gasteiger partial charge in [0.1, 0.15) is 5.41 Å². The highest BCUT2D eigenvalue weighted by Gasteiger charge is 2.41. The maximum absolute atomic E-state index is 12.3. The van der Waals surface area contributed by atoms with E-state index in [1.807, 2.05) is 11.8 Å². The van der Waals surface area contributed by atoms with E-state index in [2.05, 4.69) is 12.1 Å². The molecule has 0 aromatic carbocycles. The molecule has 1 fully saturated rings. The number of oxime groups is 1. The maximum Gasteiger partial charge on any atom is 0.236 e. The lowest BCUT2D eigenvalue weighted by Gasteiger charge is -2.30. The summed E-state index contributed by atoms with van der Waals surface area (Å²) in [5.74, 6) is 0.408. The Labute approximate surface area is 96.3 Å². The van der Waals surface area contributed by atoms with E-state index in [0.29, 0.717) is 5.92 Å². The van der Waals surface area contributed by atoms with Crippen LogP contribution in [-0.2, 0) is 4.79 Å². The van der Waals surface area contributed by atoms with Gasteiger partial charge in [-0.2, -0.15) is 0 Å². The molecule has 2 atom stereocenters. The molecule has 2 unspecified atom stereocenters. The molecule has 0 aromatic rings. The van der Waals surface area contributed by atoms with Crippen LogP contribution in [0.25, 0.3) is 0 Å². The average Bonchev–Trinajstić information content (AvgIpc) is 2.55. The van der Waals surface area contributed by atoms with Crippen LogP contribution >= 0.6 is 0 Å². The van der Waals surface area contributed by atoms with Crippen LogP contribution in [0.15, 0.2) is 5.16 Å². The Morgan fingerprint density at radius 2 is 2.06 bits per heavy atom. The summed E-state index contributed by atoms with van der Waals surface area (Å²) in [6.45, 7) is 8.27. The number of amidine groups is 1. The molecule has 1 aliphatic heterocycles. The van der Waals surface area contributed by atoms with Crippen molar-refractivity contribution in [2.75, 3.05) is 6.54 Å². The molecule has 3 N–H and O–H groups in total. The van der Waals surface area contributed by atoms with E-state index in [1.54, 1.807) is 13.8 Å². The third kappa shape index (κ3) is 2.13. The first-order chi connectivity index (χ1) is 7.30. The summed E-state index contributed by atoms with van der Waals surface area (Å²) in [4.78, 5) is 14.1. The predicted octanol–water partition coefficient (Wildman–Crippen LogP) is 1.02. The molecule has 5 nitrogen and oxygen atoms in total. The zero-order valence-corrected chi connectivity index (χ0v) is 10.4. The van der Waals surface area contributed by atoms with Gasteiger partial charge in [0.25, 0.3) is 0 Å². The molecule has 0 radical (unpaired) electrons. The van der Waals surface area contributed by atoms with E-state index in [1.165, 1.54) is 0 Å². The van der Waals surface area contributed by atoms with Crippen molar-refractivity contribution in [2.24, 2.45) is 22.2 Å². The lowest BCUT2D eigenvalue weighted by molar-refractivity contribution is -0.137. The van der Waals surface area contributed by atoms with Crippen molar-refractivity contribution in [3.63, 3.8) is 0 Å². The Bertz CT molecular complexity index is 312. The van der Waals surface area contributed by atoms with Crippen molar-refractivity contribution in [2.45, 2.75) is 40.2 Å². The van der Waals surface area contributed by atoms with Crippen molar-refractivity contribution in [1.82, 2.24) is 4.90 Å². The van der Waals surface area contributed by atoms with Crippen LogP contribution < -0.4 is 5.73 Å². The highest BCUT2D eigenvalue weighted by Crippen LogP contribution is 2.28. The number of hydrogen-bond acceptors (Lipinski definition) is 3. The van der Waals surface area contributed by atoms with Crippen molar-refractivity contribution in [3.05, 3.63) is 0 Å². The summed E-state index contributed by atoms with van der Waals surface area (Å²) in [7, 11) is 0. The minimum Gasteiger partial charge on any atom is -0.409 e. The van der Waals surface area contributed by atoms with Gasteiger partial charge >= 0.3 is 0 Å². The number of nitrogens with zero attached hydrogens (tertiary/aromatic N) is 2. The molecule has 1 heterocycles. The summed E-state index contributed by atoms with van der Waals surface area (Å²) in [6, 6.07) is 0.230. The number of nitrogens with two attached hydrogens (primary N) is 1. The summed E-state index contributed by atoms with van der Waals surface area (Å²) in [5.41, 5.74) is 4.61. The lowest BCUT2D eigenvalue weighted by atomic mass is 9.90. The van der Waals surface area contributed by atoms with Gasteiger partial charge in [-0.3, -0.25) is 4.79 Å². The Hall–Kier alpha value is -1.26. The zero-order chi connectivity index (χ0) is 12.5. The Kier molecular flexibility index (Phi) is 3.45. The van der Waals surface area contributed by atoms with Gasteiger partial charge < -0.3 is 15.8 Å². The molecule has 16 heavy (non-hydrogen) atoms. The minimum absolute atomic E-state index is 0.0377. The van der Waals surface area contributed by atoms with Gasteiger partial charge in [-0.25, -0.2) is 0 Å². The minimum atomic E-state index is -0.937. The number of hydrogen-bond donors (Lipinski definition) is 2. The first-order valence-corrected chi connectivity index (χ1v) is 5.59. The average molecular weight is 227 g/mol. The fourth-order valence-electron chi connectivity index (χ4n) is 2.18. The van der Waals surface area contributed by atoms with Crippen LogP contribution in [0.3, 0.4) is 0 Å². The molecule has 0 saturated carbocycles. The molecule has 92 valence electrons. The second kappa shape index (κ2) is 4.31. The van der Waals surface area contributed by atoms with Gasteiger partial charge in [0.15, 0.2) is 5.84 Å². The molecule has 5 heteroatoms. The molecular weight excluding hydrogens is 206 g/mol. The molecule has 0 spiro atoms. The van der Waals surface area contributed by atoms with E-state index >= 15 is 0 Å². The SMILES string of the molecule is CC1CC(C)N(C(=O)C(C)(C)C(N)=NO)C1. The Morgan fingerprint density at radius 1 is 1.50 bits per heavy atom. The van der Waals surface area contributed by atoms with E-state index in [4.69, 9.17) is 10.9 Å². The molecule has 0 aliphatic carbocycles. The summed E-state index contributed by atoms with van der Waals surface area (Å²) in [5, 5.41) is 11.6. The van der Waals surface area contributed by atoms with Crippen molar-refractivity contribution in [3.8, 4) is 0 Å². The fourth-order valence-corrected chi connectivity index (χ4v) is 2.18. The van der Waals surface area contributed by atoms with Crippen LogP contribution in [0.2, 0.25) is 0 Å². The topological polar surface area (TPSA) is 78.9 Å². The number of amides is 1. The van der Waals surface area contributed by atoms with Crippen LogP contribution in [-0.4, -0.2) is 34.4 Å². The van der Waals surface area contributed by atoms with E-state index in [9.17, 15) is 4.79 Å². The van der Waals surface area contributed by atoms with E-state index in [0.717, 1.165) is 13.0 Å². The fraction of sp³-hybridized carbons (Fsp3) is 0.818. The second-order valence-corrected chi connectivity index (χ2v) is 5.26. The molecule has 1 aliphatic rings. The second-order valence-electron chi connectivity index (χ2n) is 5.26. The molecule has 0 aromatic heterocycles. The first kappa shape index (κ1) is 12.8. The summed E-state index contributed by atoms with van der Waals surface area (Å²) in [6.07, 6.45) is 1.01. The predicted molar refractivity (Wildman–Crippen MR) is 62.1 cm³/mol. The van der Waals surface area contributed by atoms with Crippen LogP contribution in [0, 0.1) is 11.3 Å². The third-order valence-electron chi connectivity index (χ3n) is 3.33. The van der Waals surface area contributed by atoms with E-state index < -0.39 is 5.41 Å². The normalized spacial score (nSPS) is 27.2. The van der Waals surface area contributed by atoms with Crippen LogP contribution in [0.5, 0.6) is 0 Å². The van der Waals surface area contributed by atoms with Crippen LogP contribution in [0.4, 0.5) is 0 Å². The number of carbonyl (C=O) groups is 1. The van der Waals surface area contributed by atoms with Gasteiger partial charge in [0.05, 0.1) is 0 Å². The number of rotatable bonds is 2. The van der Waals surface area contributed by atoms with Crippen molar-refractivity contribution in [1.29, 1.82) is 0 Å². The standard InChI is InChI=1S/C11H21N3O2/c1-7-5-8(2)14(6-7)10(15)11(3,4)9(12)13-16/h7-8,16H,5-6H2,1-4H3,(H2,12,13). The van der Waals surface area contributed by atoms with E-state index in [-0.39, 0.29) is 17.8 Å². The van der Waals surface area contributed by atoms with Gasteiger partial charge in [0, 0.05) is 12.6 Å². The largest absolute Gasteiger partial charge is 0.409 e. The first-order valence-electron chi connectivity index (χ1n) is 5.59. The number of likely N-dealkylation sites (tertiary alicyclic amines) is 1. The molecular formula is C11H21N3O2. The summed E-state index contributed by atoms with van der Waals surface area (Å²) < 4.78 is 0. The van der Waals surface area contributed by atoms with Gasteiger partial charge in [-0.05, 0) is 33.1 Å². The van der Waals surface area contributed by atoms with Gasteiger partial charge in [-0.15, -0.1) is 0 Å². The molecule has 1 rings (SSSR count). The monoisotopic (exact) mass is 227 g/mol.